The Kier molecular flexibility index (Phi) is 5.96. The molecule has 1 fully saturated rings. The summed E-state index contributed by atoms with van der Waals surface area (Å²) < 4.78 is 19.3. The molecular weight excluding hydrogens is 484 g/mol. The average molecular weight is 511 g/mol. The number of pyridine rings is 1. The largest absolute Gasteiger partial charge is 0.420 e. The van der Waals surface area contributed by atoms with Crippen LogP contribution >= 0.6 is 11.6 Å². The van der Waals surface area contributed by atoms with Gasteiger partial charge in [0.2, 0.25) is 17.0 Å². The van der Waals surface area contributed by atoms with Crippen LogP contribution in [0.4, 0.5) is 0 Å². The van der Waals surface area contributed by atoms with E-state index in [9.17, 15) is 4.21 Å². The zero-order chi connectivity index (χ0) is 24.1. The molecule has 2 unspecified atom stereocenters. The van der Waals surface area contributed by atoms with Gasteiger partial charge in [0.1, 0.15) is 0 Å². The maximum atomic E-state index is 13.2. The van der Waals surface area contributed by atoms with Crippen LogP contribution in [0.1, 0.15) is 37.8 Å². The van der Waals surface area contributed by atoms with Gasteiger partial charge in [0, 0.05) is 60.5 Å². The summed E-state index contributed by atoms with van der Waals surface area (Å²) in [5.41, 5.74) is 3.59. The van der Waals surface area contributed by atoms with Gasteiger partial charge in [-0.25, -0.2) is 14.2 Å². The maximum absolute atomic E-state index is 13.2. The fourth-order valence-corrected chi connectivity index (χ4v) is 6.60. The Morgan fingerprint density at radius 2 is 2.11 bits per heavy atom. The first-order valence-electron chi connectivity index (χ1n) is 12.0. The van der Waals surface area contributed by atoms with Crippen LogP contribution in [0.15, 0.2) is 40.3 Å². The highest BCUT2D eigenvalue weighted by atomic mass is 35.5. The van der Waals surface area contributed by atoms with Crippen LogP contribution in [-0.2, 0) is 17.3 Å². The van der Waals surface area contributed by atoms with Crippen molar-refractivity contribution in [3.05, 3.63) is 51.8 Å². The van der Waals surface area contributed by atoms with Crippen LogP contribution in [-0.4, -0.2) is 55.8 Å². The first-order chi connectivity index (χ1) is 17.0. The number of rotatable bonds is 4. The minimum absolute atomic E-state index is 0.140. The Labute approximate surface area is 211 Å². The van der Waals surface area contributed by atoms with Crippen LogP contribution < -0.4 is 15.4 Å². The van der Waals surface area contributed by atoms with E-state index in [0.717, 1.165) is 50.6 Å². The average Bonchev–Trinajstić information content (AvgIpc) is 3.30. The molecule has 0 amide bonds. The molecule has 3 aliphatic rings. The minimum atomic E-state index is -1.19. The molecule has 1 saturated heterocycles. The molecule has 1 aromatic carbocycles. The number of hydrogen-bond acceptors (Lipinski definition) is 8. The number of ether oxygens (including phenoxy) is 1. The van der Waals surface area contributed by atoms with Crippen LogP contribution in [0.5, 0.6) is 11.8 Å². The third-order valence-electron chi connectivity index (χ3n) is 7.02. The molecule has 35 heavy (non-hydrogen) atoms. The highest BCUT2D eigenvalue weighted by Gasteiger charge is 2.32. The van der Waals surface area contributed by atoms with Gasteiger partial charge in [-0.2, -0.15) is 4.98 Å². The van der Waals surface area contributed by atoms with Crippen LogP contribution in [0.25, 0.3) is 16.6 Å². The van der Waals surface area contributed by atoms with Crippen molar-refractivity contribution in [2.24, 2.45) is 0 Å². The molecule has 6 rings (SSSR count). The first-order valence-corrected chi connectivity index (χ1v) is 13.5. The molecule has 0 saturated carbocycles. The third-order valence-corrected chi connectivity index (χ3v) is 8.73. The van der Waals surface area contributed by atoms with Crippen LogP contribution in [0.2, 0.25) is 5.28 Å². The number of nitrogens with one attached hydrogen (secondary N) is 2. The topological polar surface area (TPSA) is 92.3 Å². The standard InChI is InChI=1S/C25H27ClN6O2S/c1-14-10-28-23-20(12-27-14)35(33)19-7-6-18-17(22(19)23)5-8-21(30-18)34-24-16(11-29-25(26)31-24)13-32-9-3-4-15(32)2/h5-8,11,14-15,27-28H,3-4,9-10,12-13H2,1-2H3/t14?,15-,35?/m1/s1. The van der Waals surface area contributed by atoms with Gasteiger partial charge in [0.05, 0.1) is 31.8 Å². The number of benzene rings is 1. The van der Waals surface area contributed by atoms with E-state index in [-0.39, 0.29) is 5.28 Å². The van der Waals surface area contributed by atoms with E-state index in [1.807, 2.05) is 24.3 Å². The summed E-state index contributed by atoms with van der Waals surface area (Å²) in [4.78, 5) is 17.4. The van der Waals surface area contributed by atoms with Crippen molar-refractivity contribution in [2.45, 2.75) is 50.2 Å². The summed E-state index contributed by atoms with van der Waals surface area (Å²) in [6, 6.07) is 8.44. The van der Waals surface area contributed by atoms with Gasteiger partial charge >= 0.3 is 0 Å². The molecule has 0 radical (unpaired) electrons. The van der Waals surface area contributed by atoms with E-state index in [0.29, 0.717) is 36.9 Å². The molecule has 0 bridgehead atoms. The number of halogens is 1. The van der Waals surface area contributed by atoms with Crippen molar-refractivity contribution in [3.8, 4) is 11.8 Å². The number of likely N-dealkylation sites (tertiary alicyclic amines) is 1. The number of fused-ring (bicyclic) bond motifs is 4. The summed E-state index contributed by atoms with van der Waals surface area (Å²) in [5.74, 6) is 0.856. The van der Waals surface area contributed by atoms with E-state index in [2.05, 4.69) is 39.3 Å². The summed E-state index contributed by atoms with van der Waals surface area (Å²) in [5, 5.41) is 8.02. The SMILES string of the molecule is CC1CNC2=C(CN1)S(=O)c1ccc3nc(Oc4nc(Cl)ncc4CN4CCC[C@H]4C)ccc3c12. The smallest absolute Gasteiger partial charge is 0.230 e. The lowest BCUT2D eigenvalue weighted by atomic mass is 10.0. The Bertz CT molecular complexity index is 1380. The second-order valence-electron chi connectivity index (χ2n) is 9.42. The predicted octanol–water partition coefficient (Wildman–Crippen LogP) is 3.83. The number of nitrogens with zero attached hydrogens (tertiary/aromatic N) is 4. The molecule has 8 nitrogen and oxygen atoms in total. The molecule has 2 N–H and O–H groups in total. The van der Waals surface area contributed by atoms with Gasteiger partial charge in [-0.15, -0.1) is 0 Å². The lowest BCUT2D eigenvalue weighted by Crippen LogP contribution is -2.33. The van der Waals surface area contributed by atoms with Gasteiger partial charge < -0.3 is 15.4 Å². The molecule has 2 aromatic heterocycles. The predicted molar refractivity (Wildman–Crippen MR) is 137 cm³/mol. The molecule has 3 aromatic rings. The van der Waals surface area contributed by atoms with E-state index < -0.39 is 10.8 Å². The molecule has 5 heterocycles. The molecule has 3 aliphatic heterocycles. The fraction of sp³-hybridized carbons (Fsp3) is 0.400. The van der Waals surface area contributed by atoms with Crippen molar-refractivity contribution in [1.29, 1.82) is 0 Å². The monoisotopic (exact) mass is 510 g/mol. The van der Waals surface area contributed by atoms with Gasteiger partial charge in [-0.3, -0.25) is 4.90 Å². The minimum Gasteiger partial charge on any atom is -0.420 e. The van der Waals surface area contributed by atoms with Crippen LogP contribution in [0, 0.1) is 0 Å². The van der Waals surface area contributed by atoms with Crippen molar-refractivity contribution in [3.63, 3.8) is 0 Å². The zero-order valence-electron chi connectivity index (χ0n) is 19.7. The van der Waals surface area contributed by atoms with E-state index in [1.54, 1.807) is 6.20 Å². The van der Waals surface area contributed by atoms with Crippen molar-refractivity contribution in [1.82, 2.24) is 30.5 Å². The number of hydrogen-bond donors (Lipinski definition) is 2. The lowest BCUT2D eigenvalue weighted by molar-refractivity contribution is 0.256. The molecular formula is C25H27ClN6O2S. The highest BCUT2D eigenvalue weighted by molar-refractivity contribution is 7.89. The second-order valence-corrected chi connectivity index (χ2v) is 11.2. The Morgan fingerprint density at radius 1 is 1.23 bits per heavy atom. The molecule has 10 heteroatoms. The van der Waals surface area contributed by atoms with E-state index in [4.69, 9.17) is 21.3 Å². The van der Waals surface area contributed by atoms with Gasteiger partial charge in [0.15, 0.2) is 0 Å². The van der Waals surface area contributed by atoms with Crippen molar-refractivity contribution >= 4 is 39.0 Å². The highest BCUT2D eigenvalue weighted by Crippen LogP contribution is 2.40. The molecule has 3 atom stereocenters. The van der Waals surface area contributed by atoms with Crippen LogP contribution in [0.3, 0.4) is 0 Å². The van der Waals surface area contributed by atoms with Gasteiger partial charge in [-0.05, 0) is 63.0 Å². The Balaban J connectivity index is 1.34. The Morgan fingerprint density at radius 3 is 2.94 bits per heavy atom. The van der Waals surface area contributed by atoms with Crippen molar-refractivity contribution in [2.75, 3.05) is 19.6 Å². The molecule has 0 aliphatic carbocycles. The second kappa shape index (κ2) is 9.13. The number of aromatic nitrogens is 3. The summed E-state index contributed by atoms with van der Waals surface area (Å²) in [6.45, 7) is 7.48. The van der Waals surface area contributed by atoms with Crippen molar-refractivity contribution < 1.29 is 8.95 Å². The maximum Gasteiger partial charge on any atom is 0.230 e. The normalized spacial score (nSPS) is 24.3. The summed E-state index contributed by atoms with van der Waals surface area (Å²) in [6.07, 6.45) is 4.11. The summed E-state index contributed by atoms with van der Waals surface area (Å²) >= 11 is 6.11. The fourth-order valence-electron chi connectivity index (χ4n) is 5.05. The quantitative estimate of drug-likeness (QED) is 0.512. The lowest BCUT2D eigenvalue weighted by Gasteiger charge is -2.21. The Hall–Kier alpha value is -2.59. The van der Waals surface area contributed by atoms with E-state index >= 15 is 0 Å². The van der Waals surface area contributed by atoms with Gasteiger partial charge in [0.25, 0.3) is 0 Å². The third kappa shape index (κ3) is 4.20. The van der Waals surface area contributed by atoms with E-state index in [1.165, 1.54) is 12.8 Å². The zero-order valence-corrected chi connectivity index (χ0v) is 21.2. The van der Waals surface area contributed by atoms with Gasteiger partial charge in [-0.1, -0.05) is 0 Å². The molecule has 182 valence electrons. The summed E-state index contributed by atoms with van der Waals surface area (Å²) in [7, 11) is -1.19. The first kappa shape index (κ1) is 22.8. The molecule has 0 spiro atoms.